The van der Waals surface area contributed by atoms with Crippen LogP contribution in [0.3, 0.4) is 0 Å². The molecule has 0 saturated heterocycles. The van der Waals surface area contributed by atoms with Gasteiger partial charge in [0, 0.05) is 16.8 Å². The Bertz CT molecular complexity index is 733. The normalized spacial score (nSPS) is 10.9. The molecule has 0 amide bonds. The highest BCUT2D eigenvalue weighted by Gasteiger charge is 2.06. The smallest absolute Gasteiger partial charge is 0.122 e. The first kappa shape index (κ1) is 13.2. The quantitative estimate of drug-likeness (QED) is 0.777. The lowest BCUT2D eigenvalue weighted by Crippen LogP contribution is -1.97. The van der Waals surface area contributed by atoms with Crippen LogP contribution < -0.4 is 10.5 Å². The molecule has 3 rings (SSSR count). The monoisotopic (exact) mass is 283 g/mol. The largest absolute Gasteiger partial charge is 0.489 e. The van der Waals surface area contributed by atoms with Crippen molar-refractivity contribution in [2.24, 2.45) is 5.73 Å². The van der Waals surface area contributed by atoms with Gasteiger partial charge in [0.05, 0.1) is 0 Å². The summed E-state index contributed by atoms with van der Waals surface area (Å²) in [6, 6.07) is 14.5. The maximum Gasteiger partial charge on any atom is 0.122 e. The first-order chi connectivity index (χ1) is 9.78. The van der Waals surface area contributed by atoms with Crippen LogP contribution >= 0.6 is 11.3 Å². The van der Waals surface area contributed by atoms with E-state index >= 15 is 0 Å². The van der Waals surface area contributed by atoms with E-state index in [9.17, 15) is 0 Å². The number of rotatable bonds is 4. The molecule has 0 saturated carbocycles. The average Bonchev–Trinajstić information content (AvgIpc) is 2.88. The highest BCUT2D eigenvalue weighted by atomic mass is 32.1. The highest BCUT2D eigenvalue weighted by Crippen LogP contribution is 2.28. The van der Waals surface area contributed by atoms with Gasteiger partial charge in [-0.1, -0.05) is 30.3 Å². The summed E-state index contributed by atoms with van der Waals surface area (Å²) < 4.78 is 7.20. The zero-order chi connectivity index (χ0) is 13.9. The molecule has 0 unspecified atom stereocenters. The van der Waals surface area contributed by atoms with Crippen molar-refractivity contribution in [3.8, 4) is 5.75 Å². The van der Waals surface area contributed by atoms with E-state index in [2.05, 4.69) is 36.6 Å². The van der Waals surface area contributed by atoms with Crippen molar-refractivity contribution < 1.29 is 4.74 Å². The summed E-state index contributed by atoms with van der Waals surface area (Å²) in [5.74, 6) is 0.949. The Labute approximate surface area is 122 Å². The minimum Gasteiger partial charge on any atom is -0.489 e. The molecule has 3 aromatic rings. The fourth-order valence-electron chi connectivity index (χ4n) is 2.24. The van der Waals surface area contributed by atoms with Gasteiger partial charge in [-0.25, -0.2) is 0 Å². The number of thiophene rings is 1. The van der Waals surface area contributed by atoms with Crippen LogP contribution in [-0.2, 0) is 13.2 Å². The van der Waals surface area contributed by atoms with Crippen molar-refractivity contribution in [2.45, 2.75) is 20.1 Å². The van der Waals surface area contributed by atoms with Gasteiger partial charge in [-0.3, -0.25) is 0 Å². The third-order valence-electron chi connectivity index (χ3n) is 3.43. The molecule has 0 aliphatic rings. The second kappa shape index (κ2) is 5.65. The van der Waals surface area contributed by atoms with Crippen LogP contribution in [0.2, 0.25) is 0 Å². The average molecular weight is 283 g/mol. The van der Waals surface area contributed by atoms with Gasteiger partial charge in [-0.15, -0.1) is 11.3 Å². The summed E-state index contributed by atoms with van der Waals surface area (Å²) in [5.41, 5.74) is 9.25. The molecule has 20 heavy (non-hydrogen) atoms. The lowest BCUT2D eigenvalue weighted by Gasteiger charge is -2.08. The van der Waals surface area contributed by atoms with Crippen LogP contribution in [0.4, 0.5) is 0 Å². The molecule has 0 fully saturated rings. The van der Waals surface area contributed by atoms with Crippen molar-refractivity contribution in [3.63, 3.8) is 0 Å². The van der Waals surface area contributed by atoms with Crippen LogP contribution in [0.25, 0.3) is 10.1 Å². The molecule has 1 aromatic heterocycles. The van der Waals surface area contributed by atoms with Crippen LogP contribution in [0, 0.1) is 6.92 Å². The van der Waals surface area contributed by atoms with Gasteiger partial charge in [0.2, 0.25) is 0 Å². The van der Waals surface area contributed by atoms with E-state index in [1.54, 1.807) is 11.3 Å². The van der Waals surface area contributed by atoms with Gasteiger partial charge in [0.25, 0.3) is 0 Å². The summed E-state index contributed by atoms with van der Waals surface area (Å²) >= 11 is 1.75. The molecule has 0 aliphatic carbocycles. The Morgan fingerprint density at radius 1 is 1.15 bits per heavy atom. The molecule has 0 atom stereocenters. The summed E-state index contributed by atoms with van der Waals surface area (Å²) in [6.45, 7) is 3.25. The SMILES string of the molecule is Cc1ccccc1OCc1csc2cc(CN)ccc12. The summed E-state index contributed by atoms with van der Waals surface area (Å²) in [6.07, 6.45) is 0. The predicted molar refractivity (Wildman–Crippen MR) is 85.2 cm³/mol. The van der Waals surface area contributed by atoms with Gasteiger partial charge in [-0.05, 0) is 40.9 Å². The molecular weight excluding hydrogens is 266 g/mol. The predicted octanol–water partition coefficient (Wildman–Crippen LogP) is 4.25. The Morgan fingerprint density at radius 3 is 2.80 bits per heavy atom. The van der Waals surface area contributed by atoms with E-state index in [-0.39, 0.29) is 0 Å². The first-order valence-corrected chi connectivity index (χ1v) is 7.53. The molecule has 0 spiro atoms. The fourth-order valence-corrected chi connectivity index (χ4v) is 3.25. The third kappa shape index (κ3) is 2.55. The number of para-hydroxylation sites is 1. The van der Waals surface area contributed by atoms with Crippen LogP contribution in [-0.4, -0.2) is 0 Å². The van der Waals surface area contributed by atoms with E-state index in [1.807, 2.05) is 18.2 Å². The topological polar surface area (TPSA) is 35.2 Å². The van der Waals surface area contributed by atoms with Gasteiger partial charge < -0.3 is 10.5 Å². The van der Waals surface area contributed by atoms with Gasteiger partial charge >= 0.3 is 0 Å². The van der Waals surface area contributed by atoms with Crippen molar-refractivity contribution in [3.05, 3.63) is 64.5 Å². The Kier molecular flexibility index (Phi) is 3.72. The molecule has 1 heterocycles. The standard InChI is InChI=1S/C17H17NOS/c1-12-4-2-3-5-16(12)19-10-14-11-20-17-8-13(9-18)6-7-15(14)17/h2-8,11H,9-10,18H2,1H3. The van der Waals surface area contributed by atoms with Crippen LogP contribution in [0.1, 0.15) is 16.7 Å². The first-order valence-electron chi connectivity index (χ1n) is 6.65. The maximum atomic E-state index is 5.93. The number of aryl methyl sites for hydroxylation is 1. The van der Waals surface area contributed by atoms with Crippen molar-refractivity contribution in [2.75, 3.05) is 0 Å². The van der Waals surface area contributed by atoms with Crippen LogP contribution in [0.5, 0.6) is 5.75 Å². The number of benzene rings is 2. The zero-order valence-corrected chi connectivity index (χ0v) is 12.2. The maximum absolute atomic E-state index is 5.93. The fraction of sp³-hybridized carbons (Fsp3) is 0.176. The summed E-state index contributed by atoms with van der Waals surface area (Å²) in [7, 11) is 0. The van der Waals surface area contributed by atoms with Gasteiger partial charge in [-0.2, -0.15) is 0 Å². The van der Waals surface area contributed by atoms with E-state index < -0.39 is 0 Å². The molecule has 2 nitrogen and oxygen atoms in total. The Balaban J connectivity index is 1.83. The number of nitrogens with two attached hydrogens (primary N) is 1. The van der Waals surface area contributed by atoms with E-state index in [4.69, 9.17) is 10.5 Å². The van der Waals surface area contributed by atoms with Gasteiger partial charge in [0.15, 0.2) is 0 Å². The molecular formula is C17H17NOS. The third-order valence-corrected chi connectivity index (χ3v) is 4.43. The summed E-state index contributed by atoms with van der Waals surface area (Å²) in [5, 5.41) is 3.43. The molecule has 2 N–H and O–H groups in total. The number of fused-ring (bicyclic) bond motifs is 1. The van der Waals surface area contributed by atoms with E-state index in [0.717, 1.165) is 11.3 Å². The zero-order valence-electron chi connectivity index (χ0n) is 11.4. The number of ether oxygens (including phenoxy) is 1. The molecule has 0 radical (unpaired) electrons. The van der Waals surface area contributed by atoms with Crippen molar-refractivity contribution in [1.29, 1.82) is 0 Å². The number of hydrogen-bond acceptors (Lipinski definition) is 3. The molecule has 2 aromatic carbocycles. The van der Waals surface area contributed by atoms with E-state index in [0.29, 0.717) is 13.2 Å². The second-order valence-corrected chi connectivity index (χ2v) is 5.76. The molecule has 3 heteroatoms. The van der Waals surface area contributed by atoms with Gasteiger partial charge in [0.1, 0.15) is 12.4 Å². The lowest BCUT2D eigenvalue weighted by molar-refractivity contribution is 0.306. The van der Waals surface area contributed by atoms with Crippen LogP contribution in [0.15, 0.2) is 47.8 Å². The van der Waals surface area contributed by atoms with Crippen molar-refractivity contribution >= 4 is 21.4 Å². The number of hydrogen-bond donors (Lipinski definition) is 1. The minimum atomic E-state index is 0.586. The Hall–Kier alpha value is -1.84. The minimum absolute atomic E-state index is 0.586. The second-order valence-electron chi connectivity index (χ2n) is 4.85. The lowest BCUT2D eigenvalue weighted by atomic mass is 10.1. The highest BCUT2D eigenvalue weighted by molar-refractivity contribution is 7.17. The molecule has 102 valence electrons. The summed E-state index contributed by atoms with van der Waals surface area (Å²) in [4.78, 5) is 0. The van der Waals surface area contributed by atoms with E-state index in [1.165, 1.54) is 21.2 Å². The molecule has 0 aliphatic heterocycles. The molecule has 0 bridgehead atoms. The van der Waals surface area contributed by atoms with Crippen molar-refractivity contribution in [1.82, 2.24) is 0 Å². The Morgan fingerprint density at radius 2 is 2.00 bits per heavy atom.